The summed E-state index contributed by atoms with van der Waals surface area (Å²) in [6.07, 6.45) is 2.27. The fourth-order valence-corrected chi connectivity index (χ4v) is 4.79. The van der Waals surface area contributed by atoms with Crippen LogP contribution in [0.3, 0.4) is 0 Å². The summed E-state index contributed by atoms with van der Waals surface area (Å²) in [7, 11) is 0. The molecular weight excluding hydrogens is 558 g/mol. The minimum absolute atomic E-state index is 0.188. The highest BCUT2D eigenvalue weighted by Gasteiger charge is 2.25. The number of para-hydroxylation sites is 1. The van der Waals surface area contributed by atoms with Crippen LogP contribution in [0.4, 0.5) is 16.2 Å². The molecular formula is C34H43N5O5. The van der Waals surface area contributed by atoms with E-state index in [2.05, 4.69) is 49.0 Å². The topological polar surface area (TPSA) is 149 Å². The van der Waals surface area contributed by atoms with Gasteiger partial charge in [0.25, 0.3) is 11.8 Å². The van der Waals surface area contributed by atoms with E-state index in [0.717, 1.165) is 23.2 Å². The van der Waals surface area contributed by atoms with Gasteiger partial charge < -0.3 is 21.3 Å². The van der Waals surface area contributed by atoms with Gasteiger partial charge in [0.15, 0.2) is 0 Å². The molecule has 0 heterocycles. The molecule has 44 heavy (non-hydrogen) atoms. The van der Waals surface area contributed by atoms with E-state index in [1.165, 1.54) is 0 Å². The first-order valence-electron chi connectivity index (χ1n) is 15.0. The number of nitrogens with one attached hydrogen (secondary N) is 5. The first kappa shape index (κ1) is 33.8. The van der Waals surface area contributed by atoms with E-state index in [-0.39, 0.29) is 30.1 Å². The van der Waals surface area contributed by atoms with Crippen molar-refractivity contribution in [3.05, 3.63) is 95.1 Å². The van der Waals surface area contributed by atoms with Gasteiger partial charge in [0, 0.05) is 29.9 Å². The van der Waals surface area contributed by atoms with Gasteiger partial charge in [0.2, 0.25) is 5.91 Å². The molecule has 0 saturated heterocycles. The van der Waals surface area contributed by atoms with Crippen molar-refractivity contribution in [3.63, 3.8) is 0 Å². The summed E-state index contributed by atoms with van der Waals surface area (Å²) in [5.74, 6) is -0.662. The predicted octanol–water partition coefficient (Wildman–Crippen LogP) is 6.23. The van der Waals surface area contributed by atoms with Crippen molar-refractivity contribution in [2.75, 3.05) is 17.2 Å². The largest absolute Gasteiger partial charge is 0.352 e. The number of carbonyl (C=O) groups is 4. The van der Waals surface area contributed by atoms with Crippen molar-refractivity contribution in [3.8, 4) is 0 Å². The Kier molecular flexibility index (Phi) is 12.9. The Balaban J connectivity index is 1.64. The number of benzene rings is 3. The van der Waals surface area contributed by atoms with E-state index in [1.54, 1.807) is 41.9 Å². The highest BCUT2D eigenvalue weighted by atomic mass is 16.5. The van der Waals surface area contributed by atoms with Crippen molar-refractivity contribution in [1.82, 2.24) is 16.1 Å². The van der Waals surface area contributed by atoms with E-state index in [4.69, 9.17) is 5.21 Å². The molecule has 3 aromatic carbocycles. The maximum atomic E-state index is 13.7. The highest BCUT2D eigenvalue weighted by Crippen LogP contribution is 2.33. The summed E-state index contributed by atoms with van der Waals surface area (Å²) >= 11 is 0. The summed E-state index contributed by atoms with van der Waals surface area (Å²) in [5.41, 5.74) is 5.94. The minimum atomic E-state index is -0.959. The molecule has 0 aliphatic carbocycles. The Bertz CT molecular complexity index is 1380. The van der Waals surface area contributed by atoms with Crippen LogP contribution in [0.15, 0.2) is 72.8 Å². The second-order valence-electron chi connectivity index (χ2n) is 11.2. The molecule has 0 bridgehead atoms. The Morgan fingerprint density at radius 3 is 1.95 bits per heavy atom. The fraction of sp³-hybridized carbons (Fsp3) is 0.353. The number of rotatable bonds is 14. The molecule has 5 amide bonds. The molecule has 1 atom stereocenters. The lowest BCUT2D eigenvalue weighted by molar-refractivity contribution is -0.129. The number of carbonyl (C=O) groups excluding carboxylic acids is 4. The average Bonchev–Trinajstić information content (AvgIpc) is 3.01. The van der Waals surface area contributed by atoms with Crippen LogP contribution in [0.1, 0.15) is 98.3 Å². The van der Waals surface area contributed by atoms with Gasteiger partial charge in [0.1, 0.15) is 6.04 Å². The number of hydrogen-bond donors (Lipinski definition) is 6. The molecule has 0 spiro atoms. The number of urea groups is 1. The molecule has 0 radical (unpaired) electrons. The highest BCUT2D eigenvalue weighted by molar-refractivity contribution is 6.01. The van der Waals surface area contributed by atoms with Crippen LogP contribution in [0.25, 0.3) is 0 Å². The van der Waals surface area contributed by atoms with Crippen LogP contribution in [-0.2, 0) is 9.59 Å². The number of hydrogen-bond acceptors (Lipinski definition) is 5. The van der Waals surface area contributed by atoms with E-state index < -0.39 is 18.0 Å². The van der Waals surface area contributed by atoms with E-state index in [1.807, 2.05) is 36.4 Å². The quantitative estimate of drug-likeness (QED) is 0.0736. The first-order chi connectivity index (χ1) is 21.1. The number of hydroxylamine groups is 1. The average molecular weight is 602 g/mol. The lowest BCUT2D eigenvalue weighted by Gasteiger charge is -2.24. The third-order valence-electron chi connectivity index (χ3n) is 7.19. The first-order valence-corrected chi connectivity index (χ1v) is 15.0. The molecule has 234 valence electrons. The molecule has 0 unspecified atom stereocenters. The number of unbranched alkanes of at least 4 members (excludes halogenated alkanes) is 2. The van der Waals surface area contributed by atoms with Crippen LogP contribution in [0.5, 0.6) is 0 Å². The molecule has 10 nitrogen and oxygen atoms in total. The van der Waals surface area contributed by atoms with E-state index in [0.29, 0.717) is 36.2 Å². The fourth-order valence-electron chi connectivity index (χ4n) is 4.79. The Morgan fingerprint density at radius 1 is 0.727 bits per heavy atom. The van der Waals surface area contributed by atoms with E-state index in [9.17, 15) is 19.2 Å². The van der Waals surface area contributed by atoms with Crippen LogP contribution >= 0.6 is 0 Å². The number of amides is 5. The van der Waals surface area contributed by atoms with Gasteiger partial charge in [-0.2, -0.15) is 0 Å². The molecule has 0 aliphatic rings. The Labute approximate surface area is 259 Å². The standard InChI is InChI=1S/C34H43N5O5/c1-22(2)27-14-11-15-28(23(3)4)31(27)37-33(42)30(24-12-7-5-8-13-24)38-34(43)36-26-19-17-25(18-20-26)32(41)35-21-10-6-9-16-29(40)39-44/h5,7-8,11-15,17-20,22-23,30,44H,6,9-10,16,21H2,1-4H3,(H,35,41)(H,37,42)(H,39,40)(H2,36,38,43)/t30-/m0/s1. The second-order valence-corrected chi connectivity index (χ2v) is 11.2. The molecule has 10 heteroatoms. The van der Waals surface area contributed by atoms with Crippen LogP contribution in [0, 0.1) is 0 Å². The number of anilines is 2. The van der Waals surface area contributed by atoms with Crippen molar-refractivity contribution in [2.45, 2.75) is 71.3 Å². The smallest absolute Gasteiger partial charge is 0.320 e. The van der Waals surface area contributed by atoms with Gasteiger partial charge in [-0.15, -0.1) is 0 Å². The summed E-state index contributed by atoms with van der Waals surface area (Å²) in [4.78, 5) is 50.3. The van der Waals surface area contributed by atoms with Crippen LogP contribution in [-0.4, -0.2) is 35.5 Å². The molecule has 6 N–H and O–H groups in total. The lowest BCUT2D eigenvalue weighted by atomic mass is 9.92. The van der Waals surface area contributed by atoms with E-state index >= 15 is 0 Å². The zero-order valence-corrected chi connectivity index (χ0v) is 25.8. The van der Waals surface area contributed by atoms with Crippen molar-refractivity contribution >= 4 is 35.1 Å². The molecule has 0 aliphatic heterocycles. The van der Waals surface area contributed by atoms with Gasteiger partial charge in [0.05, 0.1) is 0 Å². The maximum Gasteiger partial charge on any atom is 0.320 e. The zero-order chi connectivity index (χ0) is 32.1. The molecule has 0 fully saturated rings. The maximum absolute atomic E-state index is 13.7. The van der Waals surface area contributed by atoms with Crippen molar-refractivity contribution in [1.29, 1.82) is 0 Å². The zero-order valence-electron chi connectivity index (χ0n) is 25.8. The third-order valence-corrected chi connectivity index (χ3v) is 7.19. The Morgan fingerprint density at radius 2 is 1.36 bits per heavy atom. The van der Waals surface area contributed by atoms with Crippen molar-refractivity contribution in [2.24, 2.45) is 0 Å². The summed E-state index contributed by atoms with van der Waals surface area (Å²) in [6, 6.07) is 20.0. The molecule has 3 rings (SSSR count). The molecule has 3 aromatic rings. The summed E-state index contributed by atoms with van der Waals surface area (Å²) in [6.45, 7) is 8.76. The monoisotopic (exact) mass is 601 g/mol. The van der Waals surface area contributed by atoms with Crippen LogP contribution in [0.2, 0.25) is 0 Å². The van der Waals surface area contributed by atoms with Gasteiger partial charge >= 0.3 is 6.03 Å². The predicted molar refractivity (Wildman–Crippen MR) is 172 cm³/mol. The normalized spacial score (nSPS) is 11.5. The molecule has 0 aromatic heterocycles. The van der Waals surface area contributed by atoms with Gasteiger partial charge in [-0.1, -0.05) is 82.6 Å². The van der Waals surface area contributed by atoms with Gasteiger partial charge in [-0.05, 0) is 65.6 Å². The van der Waals surface area contributed by atoms with Gasteiger partial charge in [-0.25, -0.2) is 10.3 Å². The van der Waals surface area contributed by atoms with Crippen molar-refractivity contribution < 1.29 is 24.4 Å². The summed E-state index contributed by atoms with van der Waals surface area (Å²) in [5, 5.41) is 20.0. The van der Waals surface area contributed by atoms with Crippen LogP contribution < -0.4 is 26.7 Å². The minimum Gasteiger partial charge on any atom is -0.352 e. The SMILES string of the molecule is CC(C)c1cccc(C(C)C)c1NC(=O)[C@@H](NC(=O)Nc1ccc(C(=O)NCCCCCC(=O)NO)cc1)c1ccccc1. The van der Waals surface area contributed by atoms with Gasteiger partial charge in [-0.3, -0.25) is 19.6 Å². The third kappa shape index (κ3) is 9.95. The summed E-state index contributed by atoms with van der Waals surface area (Å²) < 4.78 is 0. The second kappa shape index (κ2) is 16.8. The lowest BCUT2D eigenvalue weighted by Crippen LogP contribution is -2.39. The Hall–Kier alpha value is -4.70. The molecule has 0 saturated carbocycles.